The lowest BCUT2D eigenvalue weighted by Gasteiger charge is -2.35. The predicted molar refractivity (Wildman–Crippen MR) is 92.4 cm³/mol. The molecule has 0 saturated heterocycles. The van der Waals surface area contributed by atoms with Crippen LogP contribution in [0.15, 0.2) is 0 Å². The number of carboxylic acids is 1. The summed E-state index contributed by atoms with van der Waals surface area (Å²) in [7, 11) is 3.23. The fourth-order valence-electron chi connectivity index (χ4n) is 2.58. The third-order valence-corrected chi connectivity index (χ3v) is 4.22. The molecule has 0 amide bonds. The van der Waals surface area contributed by atoms with Crippen LogP contribution in [-0.4, -0.2) is 67.6 Å². The maximum atomic E-state index is 12.6. The van der Waals surface area contributed by atoms with Gasteiger partial charge in [-0.3, -0.25) is 14.1 Å². The smallest absolute Gasteiger partial charge is 0.316 e. The minimum Gasteiger partial charge on any atom is -0.544 e. The number of carbonyl (C=O) groups excluding carboxylic acids is 3. The summed E-state index contributed by atoms with van der Waals surface area (Å²) in [6, 6.07) is 0. The molecule has 0 aromatic carbocycles. The summed E-state index contributed by atoms with van der Waals surface area (Å²) in [6.07, 6.45) is -0.129. The first-order valence-corrected chi connectivity index (χ1v) is 8.69. The first-order chi connectivity index (χ1) is 11.6. The highest BCUT2D eigenvalue weighted by molar-refractivity contribution is 5.80. The number of likely N-dealkylation sites (N-methyl/N-ethyl adjacent to an activating group) is 1. The van der Waals surface area contributed by atoms with E-state index in [1.165, 1.54) is 6.92 Å². The molecule has 0 spiro atoms. The number of ether oxygens (including phenoxy) is 2. The first kappa shape index (κ1) is 24.3. The minimum absolute atomic E-state index is 0.0618. The molecule has 0 saturated carbocycles. The van der Waals surface area contributed by atoms with Crippen molar-refractivity contribution in [3.63, 3.8) is 0 Å². The summed E-state index contributed by atoms with van der Waals surface area (Å²) in [5, 5.41) is 20.0. The molecular formula is C18H33NO7. The Hall–Kier alpha value is -1.67. The van der Waals surface area contributed by atoms with Gasteiger partial charge in [0.15, 0.2) is 0 Å². The number of aliphatic hydroxyl groups is 1. The maximum Gasteiger partial charge on any atom is 0.316 e. The van der Waals surface area contributed by atoms with Crippen molar-refractivity contribution in [2.24, 2.45) is 10.8 Å². The van der Waals surface area contributed by atoms with Crippen molar-refractivity contribution in [2.75, 3.05) is 34.0 Å². The van der Waals surface area contributed by atoms with Gasteiger partial charge in [0.25, 0.3) is 0 Å². The van der Waals surface area contributed by atoms with Crippen LogP contribution in [0.4, 0.5) is 0 Å². The van der Waals surface area contributed by atoms with Gasteiger partial charge in [-0.15, -0.1) is 0 Å². The minimum atomic E-state index is -1.23. The van der Waals surface area contributed by atoms with Gasteiger partial charge in [0.05, 0.1) is 37.0 Å². The fourth-order valence-corrected chi connectivity index (χ4v) is 2.58. The quantitative estimate of drug-likeness (QED) is 0.309. The van der Waals surface area contributed by atoms with Gasteiger partial charge in [0.1, 0.15) is 13.2 Å². The Kier molecular flexibility index (Phi) is 8.72. The zero-order valence-corrected chi connectivity index (χ0v) is 17.0. The summed E-state index contributed by atoms with van der Waals surface area (Å²) < 4.78 is 10.4. The van der Waals surface area contributed by atoms with E-state index in [1.807, 2.05) is 6.92 Å². The van der Waals surface area contributed by atoms with Gasteiger partial charge in [0.2, 0.25) is 6.73 Å². The van der Waals surface area contributed by atoms with E-state index in [0.29, 0.717) is 6.42 Å². The van der Waals surface area contributed by atoms with E-state index in [1.54, 1.807) is 34.9 Å². The average molecular weight is 375 g/mol. The molecule has 0 heterocycles. The lowest BCUT2D eigenvalue weighted by molar-refractivity contribution is -0.901. The summed E-state index contributed by atoms with van der Waals surface area (Å²) in [5.74, 6) is -2.23. The largest absolute Gasteiger partial charge is 0.544 e. The Morgan fingerprint density at radius 3 is 2.08 bits per heavy atom. The van der Waals surface area contributed by atoms with Crippen LogP contribution >= 0.6 is 0 Å². The topological polar surface area (TPSA) is 113 Å². The number of carboxylic acid groups (broad SMARTS) is 1. The Balaban J connectivity index is 5.00. The van der Waals surface area contributed by atoms with Gasteiger partial charge in [-0.1, -0.05) is 6.92 Å². The zero-order valence-electron chi connectivity index (χ0n) is 17.0. The summed E-state index contributed by atoms with van der Waals surface area (Å²) in [4.78, 5) is 35.6. The van der Waals surface area contributed by atoms with Gasteiger partial charge in [-0.05, 0) is 40.5 Å². The number of hydrogen-bond donors (Lipinski definition) is 1. The van der Waals surface area contributed by atoms with Crippen LogP contribution in [0.2, 0.25) is 0 Å². The molecule has 2 unspecified atom stereocenters. The molecule has 0 fully saturated rings. The molecule has 0 rings (SSSR count). The van der Waals surface area contributed by atoms with Crippen molar-refractivity contribution in [3.8, 4) is 0 Å². The van der Waals surface area contributed by atoms with E-state index in [2.05, 4.69) is 0 Å². The SMILES string of the molecule is CCC(C)(CC(C)(C)C(=O)OCC(C)O)C(=O)OC[N+](C)(C)CC(=O)[O-]. The van der Waals surface area contributed by atoms with E-state index in [9.17, 15) is 24.6 Å². The molecular weight excluding hydrogens is 342 g/mol. The molecule has 0 aromatic heterocycles. The molecule has 0 aliphatic rings. The summed E-state index contributed by atoms with van der Waals surface area (Å²) in [5.41, 5.74) is -1.89. The number of hydrogen-bond acceptors (Lipinski definition) is 7. The molecule has 0 bridgehead atoms. The number of esters is 2. The van der Waals surface area contributed by atoms with Crippen LogP contribution in [0.3, 0.4) is 0 Å². The van der Waals surface area contributed by atoms with E-state index in [-0.39, 0.29) is 30.8 Å². The third kappa shape index (κ3) is 8.14. The second kappa shape index (κ2) is 9.32. The lowest BCUT2D eigenvalue weighted by Crippen LogP contribution is -2.50. The van der Waals surface area contributed by atoms with Crippen LogP contribution < -0.4 is 5.11 Å². The second-order valence-electron chi connectivity index (χ2n) is 8.45. The summed E-state index contributed by atoms with van der Waals surface area (Å²) in [6.45, 7) is 7.88. The maximum absolute atomic E-state index is 12.6. The number of aliphatic carboxylic acids is 1. The van der Waals surface area contributed by atoms with Gasteiger partial charge >= 0.3 is 11.9 Å². The van der Waals surface area contributed by atoms with Crippen LogP contribution in [0.5, 0.6) is 0 Å². The van der Waals surface area contributed by atoms with Crippen molar-refractivity contribution in [3.05, 3.63) is 0 Å². The van der Waals surface area contributed by atoms with Crippen LogP contribution in [0.1, 0.15) is 47.5 Å². The Bertz CT molecular complexity index is 514. The van der Waals surface area contributed by atoms with Crippen molar-refractivity contribution < 1.29 is 38.6 Å². The van der Waals surface area contributed by atoms with E-state index in [0.717, 1.165) is 0 Å². The van der Waals surface area contributed by atoms with Gasteiger partial charge in [-0.25, -0.2) is 0 Å². The van der Waals surface area contributed by atoms with E-state index in [4.69, 9.17) is 9.47 Å². The zero-order chi connectivity index (χ0) is 20.8. The predicted octanol–water partition coefficient (Wildman–Crippen LogP) is 0.0700. The summed E-state index contributed by atoms with van der Waals surface area (Å²) >= 11 is 0. The number of quaternary nitrogens is 1. The second-order valence-corrected chi connectivity index (χ2v) is 8.45. The molecule has 0 radical (unpaired) electrons. The molecule has 26 heavy (non-hydrogen) atoms. The van der Waals surface area contributed by atoms with Crippen molar-refractivity contribution in [1.29, 1.82) is 0 Å². The molecule has 0 aliphatic carbocycles. The highest BCUT2D eigenvalue weighted by atomic mass is 16.6. The average Bonchev–Trinajstić information content (AvgIpc) is 2.48. The van der Waals surface area contributed by atoms with E-state index >= 15 is 0 Å². The standard InChI is InChI=1S/C18H33NO7/c1-8-18(5,11-17(3,4)15(23)25-10-13(2)20)16(24)26-12-19(6,7)9-14(21)22/h13,20H,8-12H2,1-7H3. The van der Waals surface area contributed by atoms with Gasteiger partial charge < -0.3 is 24.5 Å². The van der Waals surface area contributed by atoms with Gasteiger partial charge in [0, 0.05) is 0 Å². The van der Waals surface area contributed by atoms with Crippen molar-refractivity contribution >= 4 is 17.9 Å². The Morgan fingerprint density at radius 1 is 1.12 bits per heavy atom. The molecule has 152 valence electrons. The Labute approximate surface area is 155 Å². The molecule has 2 atom stereocenters. The molecule has 0 aliphatic heterocycles. The highest BCUT2D eigenvalue weighted by Crippen LogP contribution is 2.38. The van der Waals surface area contributed by atoms with Crippen LogP contribution in [0, 0.1) is 10.8 Å². The lowest BCUT2D eigenvalue weighted by atomic mass is 9.72. The number of nitrogens with zero attached hydrogens (tertiary/aromatic N) is 1. The number of rotatable bonds is 11. The molecule has 8 heteroatoms. The third-order valence-electron chi connectivity index (χ3n) is 4.22. The highest BCUT2D eigenvalue weighted by Gasteiger charge is 2.43. The first-order valence-electron chi connectivity index (χ1n) is 8.69. The molecule has 1 N–H and O–H groups in total. The van der Waals surface area contributed by atoms with Crippen LogP contribution in [-0.2, 0) is 23.9 Å². The molecule has 8 nitrogen and oxygen atoms in total. The molecule has 0 aromatic rings. The van der Waals surface area contributed by atoms with E-state index < -0.39 is 34.8 Å². The number of aliphatic hydroxyl groups excluding tert-OH is 1. The monoisotopic (exact) mass is 375 g/mol. The normalized spacial score (nSPS) is 15.7. The Morgan fingerprint density at radius 2 is 1.65 bits per heavy atom. The van der Waals surface area contributed by atoms with Crippen LogP contribution in [0.25, 0.3) is 0 Å². The van der Waals surface area contributed by atoms with Crippen molar-refractivity contribution in [1.82, 2.24) is 0 Å². The van der Waals surface area contributed by atoms with Gasteiger partial charge in [-0.2, -0.15) is 0 Å². The number of carbonyl (C=O) groups is 3. The fraction of sp³-hybridized carbons (Fsp3) is 0.833. The van der Waals surface area contributed by atoms with Crippen molar-refractivity contribution in [2.45, 2.75) is 53.6 Å².